The number of nitrogens with zero attached hydrogens (tertiary/aromatic N) is 2. The van der Waals surface area contributed by atoms with Gasteiger partial charge in [0.05, 0.1) is 30.1 Å². The van der Waals surface area contributed by atoms with Gasteiger partial charge in [0, 0.05) is 12.1 Å². The minimum Gasteiger partial charge on any atom is -0.506 e. The first kappa shape index (κ1) is 27.9. The smallest absolute Gasteiger partial charge is 0.330 e. The second-order valence-electron chi connectivity index (χ2n) is 8.55. The van der Waals surface area contributed by atoms with Crippen molar-refractivity contribution in [2.75, 3.05) is 0 Å². The molecule has 16 nitrogen and oxygen atoms in total. The summed E-state index contributed by atoms with van der Waals surface area (Å²) in [4.78, 5) is 54.4. The molecule has 2 aromatic rings. The normalized spacial score (nSPS) is 24.7. The van der Waals surface area contributed by atoms with Crippen molar-refractivity contribution in [2.45, 2.75) is 56.3 Å². The van der Waals surface area contributed by atoms with Gasteiger partial charge in [-0.15, -0.1) is 0 Å². The van der Waals surface area contributed by atoms with Crippen molar-refractivity contribution in [3.05, 3.63) is 56.6 Å². The maximum absolute atomic E-state index is 12.8. The van der Waals surface area contributed by atoms with Gasteiger partial charge in [-0.2, -0.15) is 0 Å². The zero-order valence-corrected chi connectivity index (χ0v) is 19.3. The van der Waals surface area contributed by atoms with Crippen LogP contribution in [0.4, 0.5) is 0 Å². The highest BCUT2D eigenvalue weighted by Gasteiger charge is 2.50. The number of aromatic nitrogens is 3. The number of aliphatic hydroxyl groups excluding tert-OH is 4. The van der Waals surface area contributed by atoms with Crippen molar-refractivity contribution < 1.29 is 45.0 Å². The quantitative estimate of drug-likeness (QED) is 0.151. The molecule has 1 amide bonds. The number of aliphatic hydroxyl groups is 4. The predicted octanol–water partition coefficient (Wildman–Crippen LogP) is -3.98. The number of aromatic amines is 1. The molecular formula is C21H27N5O11. The number of amides is 1. The number of carbonyl (C=O) groups excluding carboxylic acids is 1. The molecule has 8 unspecified atom stereocenters. The number of H-pyrrole nitrogens is 1. The molecule has 3 rings (SSSR count). The van der Waals surface area contributed by atoms with Crippen LogP contribution in [0.5, 0.6) is 5.75 Å². The fraction of sp³-hybridized carbons (Fsp3) is 0.476. The molecule has 1 fully saturated rings. The molecule has 37 heavy (non-hydrogen) atoms. The van der Waals surface area contributed by atoms with Crippen LogP contribution in [0.1, 0.15) is 30.5 Å². The molecule has 202 valence electrons. The van der Waals surface area contributed by atoms with E-state index in [2.05, 4.69) is 10.3 Å². The van der Waals surface area contributed by atoms with Gasteiger partial charge in [0.1, 0.15) is 30.2 Å². The first-order valence-electron chi connectivity index (χ1n) is 11.0. The van der Waals surface area contributed by atoms with Crippen molar-refractivity contribution >= 4 is 11.9 Å². The van der Waals surface area contributed by atoms with Crippen molar-refractivity contribution in [2.24, 2.45) is 11.7 Å². The first-order chi connectivity index (χ1) is 17.4. The van der Waals surface area contributed by atoms with Crippen LogP contribution in [-0.4, -0.2) is 87.4 Å². The number of ether oxygens (including phenoxy) is 1. The number of hydrogen-bond donors (Lipinski definition) is 9. The Bertz CT molecular complexity index is 1250. The van der Waals surface area contributed by atoms with Gasteiger partial charge >= 0.3 is 11.7 Å². The Kier molecular flexibility index (Phi) is 8.42. The van der Waals surface area contributed by atoms with E-state index in [1.165, 1.54) is 19.1 Å². The van der Waals surface area contributed by atoms with E-state index in [1.54, 1.807) is 0 Å². The third-order valence-corrected chi connectivity index (χ3v) is 6.09. The van der Waals surface area contributed by atoms with Crippen molar-refractivity contribution in [3.63, 3.8) is 0 Å². The number of carboxylic acids is 1. The van der Waals surface area contributed by atoms with E-state index in [-0.39, 0.29) is 17.0 Å². The number of nitrogens with two attached hydrogens (primary N) is 1. The summed E-state index contributed by atoms with van der Waals surface area (Å²) >= 11 is 0. The summed E-state index contributed by atoms with van der Waals surface area (Å²) < 4.78 is 6.09. The van der Waals surface area contributed by atoms with Gasteiger partial charge in [0.15, 0.2) is 12.3 Å². The number of nitrogens with one attached hydrogen (secondary N) is 2. The second-order valence-corrected chi connectivity index (χ2v) is 8.55. The maximum atomic E-state index is 12.8. The highest BCUT2D eigenvalue weighted by Crippen LogP contribution is 2.31. The Morgan fingerprint density at radius 3 is 2.51 bits per heavy atom. The van der Waals surface area contributed by atoms with Crippen LogP contribution < -0.4 is 22.3 Å². The number of carboxylic acid groups (broad SMARTS) is 1. The zero-order chi connectivity index (χ0) is 27.6. The molecule has 0 saturated carbocycles. The van der Waals surface area contributed by atoms with Crippen molar-refractivity contribution in [1.29, 1.82) is 0 Å². The van der Waals surface area contributed by atoms with Crippen LogP contribution in [0, 0.1) is 5.92 Å². The van der Waals surface area contributed by atoms with E-state index in [1.807, 2.05) is 4.98 Å². The molecule has 0 bridgehead atoms. The van der Waals surface area contributed by atoms with E-state index >= 15 is 0 Å². The van der Waals surface area contributed by atoms with Crippen LogP contribution in [0.15, 0.2) is 34.1 Å². The fourth-order valence-electron chi connectivity index (χ4n) is 3.83. The monoisotopic (exact) mass is 525 g/mol. The number of pyridine rings is 1. The molecule has 0 aliphatic carbocycles. The summed E-state index contributed by atoms with van der Waals surface area (Å²) in [5.41, 5.74) is 3.79. The van der Waals surface area contributed by atoms with Gasteiger partial charge in [-0.25, -0.2) is 9.59 Å². The third kappa shape index (κ3) is 5.68. The molecule has 16 heteroatoms. The molecule has 0 aromatic carbocycles. The Morgan fingerprint density at radius 1 is 1.27 bits per heavy atom. The number of aliphatic carboxylic acids is 1. The lowest BCUT2D eigenvalue weighted by Gasteiger charge is -2.28. The molecule has 1 saturated heterocycles. The summed E-state index contributed by atoms with van der Waals surface area (Å²) in [6.45, 7) is 0.640. The second kappa shape index (κ2) is 11.2. The van der Waals surface area contributed by atoms with Crippen LogP contribution in [0.25, 0.3) is 0 Å². The van der Waals surface area contributed by atoms with Gasteiger partial charge in [0.25, 0.3) is 5.56 Å². The third-order valence-electron chi connectivity index (χ3n) is 6.09. The van der Waals surface area contributed by atoms with Gasteiger partial charge in [0.2, 0.25) is 5.91 Å². The lowest BCUT2D eigenvalue weighted by atomic mass is 9.92. The zero-order valence-electron chi connectivity index (χ0n) is 19.3. The van der Waals surface area contributed by atoms with Crippen molar-refractivity contribution in [1.82, 2.24) is 19.9 Å². The fourth-order valence-corrected chi connectivity index (χ4v) is 3.83. The van der Waals surface area contributed by atoms with Crippen molar-refractivity contribution in [3.8, 4) is 5.75 Å². The molecule has 0 spiro atoms. The first-order valence-corrected chi connectivity index (χ1v) is 11.0. The molecular weight excluding hydrogens is 498 g/mol. The molecule has 3 heterocycles. The largest absolute Gasteiger partial charge is 0.506 e. The molecule has 8 atom stereocenters. The van der Waals surface area contributed by atoms with E-state index in [0.717, 1.165) is 12.4 Å². The molecule has 2 aromatic heterocycles. The summed E-state index contributed by atoms with van der Waals surface area (Å²) in [6.07, 6.45) is -6.63. The predicted molar refractivity (Wildman–Crippen MR) is 121 cm³/mol. The summed E-state index contributed by atoms with van der Waals surface area (Å²) in [5.74, 6) is -3.86. The lowest BCUT2D eigenvalue weighted by Crippen LogP contribution is -2.57. The van der Waals surface area contributed by atoms with Gasteiger partial charge in [-0.05, 0) is 12.1 Å². The minimum absolute atomic E-state index is 0.0949. The van der Waals surface area contributed by atoms with Crippen LogP contribution in [0.3, 0.4) is 0 Å². The van der Waals surface area contributed by atoms with E-state index < -0.39 is 78.4 Å². The minimum atomic E-state index is -1.96. The van der Waals surface area contributed by atoms with Crippen LogP contribution >= 0.6 is 0 Å². The molecule has 1 aliphatic rings. The SMILES string of the molecule is CC(C(N)C(=O)NC(C(=O)O)C1OC(n2cc(CO)c(=O)[nH]c2=O)C(O)C1O)C(O)c1ccc(O)cn1. The standard InChI is InChI=1S/C21H27N5O11/c1-7(13(29)10-3-2-9(28)4-23-10)11(22)18(33)24-12(20(34)35)16-14(30)15(31)19(37-16)26-5-8(6-27)17(32)25-21(26)36/h2-5,7,11-16,19,27-31H,6,22H2,1H3,(H,24,33)(H,34,35)(H,25,32,36). The van der Waals surface area contributed by atoms with Gasteiger partial charge < -0.3 is 46.4 Å². The number of carbonyl (C=O) groups is 2. The number of aromatic hydroxyl groups is 1. The molecule has 0 radical (unpaired) electrons. The van der Waals surface area contributed by atoms with E-state index in [4.69, 9.17) is 10.5 Å². The molecule has 1 aliphatic heterocycles. The highest BCUT2D eigenvalue weighted by molar-refractivity contribution is 5.87. The highest BCUT2D eigenvalue weighted by atomic mass is 16.6. The average molecular weight is 525 g/mol. The summed E-state index contributed by atoms with van der Waals surface area (Å²) in [6, 6.07) is -0.852. The summed E-state index contributed by atoms with van der Waals surface area (Å²) in [5, 5.41) is 61.8. The topological polar surface area (TPSA) is 271 Å². The Morgan fingerprint density at radius 2 is 1.95 bits per heavy atom. The lowest BCUT2D eigenvalue weighted by molar-refractivity contribution is -0.149. The van der Waals surface area contributed by atoms with Crippen LogP contribution in [0.2, 0.25) is 0 Å². The maximum Gasteiger partial charge on any atom is 0.330 e. The number of hydrogen-bond acceptors (Lipinski definition) is 12. The van der Waals surface area contributed by atoms with Gasteiger partial charge in [-0.1, -0.05) is 6.92 Å². The Hall–Kier alpha value is -3.67. The van der Waals surface area contributed by atoms with Crippen LogP contribution in [-0.2, 0) is 20.9 Å². The molecule has 10 N–H and O–H groups in total. The summed E-state index contributed by atoms with van der Waals surface area (Å²) in [7, 11) is 0. The average Bonchev–Trinajstić information content (AvgIpc) is 3.15. The Balaban J connectivity index is 1.79. The van der Waals surface area contributed by atoms with E-state index in [0.29, 0.717) is 4.57 Å². The van der Waals surface area contributed by atoms with Gasteiger partial charge in [-0.3, -0.25) is 24.1 Å². The Labute approximate surface area is 207 Å². The number of rotatable bonds is 9. The van der Waals surface area contributed by atoms with E-state index in [9.17, 15) is 49.8 Å².